The van der Waals surface area contributed by atoms with E-state index in [9.17, 15) is 4.79 Å². The zero-order chi connectivity index (χ0) is 12.1. The first-order valence-electron chi connectivity index (χ1n) is 6.22. The summed E-state index contributed by atoms with van der Waals surface area (Å²) in [4.78, 5) is 13.8. The van der Waals surface area contributed by atoms with Crippen molar-refractivity contribution in [3.63, 3.8) is 0 Å². The van der Waals surface area contributed by atoms with Gasteiger partial charge in [0.25, 0.3) is 0 Å². The van der Waals surface area contributed by atoms with Crippen molar-refractivity contribution in [3.05, 3.63) is 35.9 Å². The van der Waals surface area contributed by atoms with Gasteiger partial charge in [-0.25, -0.2) is 0 Å². The fourth-order valence-electron chi connectivity index (χ4n) is 1.94. The van der Waals surface area contributed by atoms with Crippen LogP contribution in [0.15, 0.2) is 30.3 Å². The van der Waals surface area contributed by atoms with Gasteiger partial charge in [-0.15, -0.1) is 0 Å². The van der Waals surface area contributed by atoms with Gasteiger partial charge in [-0.05, 0) is 25.3 Å². The van der Waals surface area contributed by atoms with Gasteiger partial charge in [0.2, 0.25) is 5.91 Å². The minimum absolute atomic E-state index is 0.117. The molecule has 1 aromatic carbocycles. The van der Waals surface area contributed by atoms with Gasteiger partial charge < -0.3 is 9.64 Å². The number of amides is 1. The highest BCUT2D eigenvalue weighted by atomic mass is 16.5. The van der Waals surface area contributed by atoms with E-state index in [0.29, 0.717) is 12.6 Å². The molecule has 0 bridgehead atoms. The molecule has 0 aromatic heterocycles. The molecule has 3 nitrogen and oxygen atoms in total. The summed E-state index contributed by atoms with van der Waals surface area (Å²) in [6, 6.07) is 10.4. The first-order chi connectivity index (χ1) is 8.31. The molecule has 2 rings (SSSR count). The third kappa shape index (κ3) is 3.56. The van der Waals surface area contributed by atoms with Crippen molar-refractivity contribution >= 4 is 5.91 Å². The summed E-state index contributed by atoms with van der Waals surface area (Å²) in [6.45, 7) is 3.51. The Morgan fingerprint density at radius 3 is 2.65 bits per heavy atom. The molecule has 1 aliphatic rings. The number of likely N-dealkylation sites (N-methyl/N-ethyl adjacent to an activating group) is 1. The molecule has 0 radical (unpaired) electrons. The van der Waals surface area contributed by atoms with Gasteiger partial charge in [-0.2, -0.15) is 0 Å². The highest BCUT2D eigenvalue weighted by Gasteiger charge is 2.31. The van der Waals surface area contributed by atoms with Gasteiger partial charge in [-0.1, -0.05) is 30.3 Å². The Labute approximate surface area is 102 Å². The van der Waals surface area contributed by atoms with Crippen LogP contribution in [-0.2, 0) is 16.1 Å². The number of benzene rings is 1. The van der Waals surface area contributed by atoms with Crippen molar-refractivity contribution in [1.82, 2.24) is 4.90 Å². The Morgan fingerprint density at radius 2 is 2.06 bits per heavy atom. The minimum atomic E-state index is 0.117. The van der Waals surface area contributed by atoms with Crippen LogP contribution >= 0.6 is 0 Å². The maximum Gasteiger partial charge on any atom is 0.248 e. The third-order valence-corrected chi connectivity index (χ3v) is 2.99. The fraction of sp³-hybridized carbons (Fsp3) is 0.500. The number of carbonyl (C=O) groups excluding carboxylic acids is 1. The molecule has 1 fully saturated rings. The number of hydrogen-bond donors (Lipinski definition) is 0. The van der Waals surface area contributed by atoms with Gasteiger partial charge in [-0.3, -0.25) is 4.79 Å². The van der Waals surface area contributed by atoms with Crippen molar-refractivity contribution in [2.75, 3.05) is 13.2 Å². The van der Waals surface area contributed by atoms with Gasteiger partial charge in [0.05, 0.1) is 6.61 Å². The normalized spacial score (nSPS) is 14.6. The Balaban J connectivity index is 1.72. The maximum atomic E-state index is 11.8. The molecule has 0 heterocycles. The van der Waals surface area contributed by atoms with E-state index < -0.39 is 0 Å². The quantitative estimate of drug-likeness (QED) is 0.754. The molecule has 3 heteroatoms. The summed E-state index contributed by atoms with van der Waals surface area (Å²) >= 11 is 0. The summed E-state index contributed by atoms with van der Waals surface area (Å²) < 4.78 is 5.45. The van der Waals surface area contributed by atoms with E-state index in [-0.39, 0.29) is 12.5 Å². The molecule has 0 spiro atoms. The molecule has 0 saturated heterocycles. The summed E-state index contributed by atoms with van der Waals surface area (Å²) in [5.74, 6) is 0.117. The van der Waals surface area contributed by atoms with Crippen molar-refractivity contribution in [2.45, 2.75) is 32.4 Å². The molecule has 92 valence electrons. The molecule has 1 aliphatic carbocycles. The molecule has 0 atom stereocenters. The highest BCUT2D eigenvalue weighted by molar-refractivity contribution is 5.78. The van der Waals surface area contributed by atoms with Crippen LogP contribution in [0, 0.1) is 0 Å². The Kier molecular flexibility index (Phi) is 4.15. The number of hydrogen-bond acceptors (Lipinski definition) is 2. The maximum absolute atomic E-state index is 11.8. The number of ether oxygens (including phenoxy) is 1. The zero-order valence-corrected chi connectivity index (χ0v) is 10.3. The van der Waals surface area contributed by atoms with Gasteiger partial charge in [0, 0.05) is 12.6 Å². The lowest BCUT2D eigenvalue weighted by Gasteiger charge is -2.20. The second-order valence-electron chi connectivity index (χ2n) is 4.39. The number of carbonyl (C=O) groups is 1. The molecule has 1 saturated carbocycles. The molecule has 1 aromatic rings. The number of nitrogens with zero attached hydrogens (tertiary/aromatic N) is 1. The topological polar surface area (TPSA) is 29.5 Å². The summed E-state index contributed by atoms with van der Waals surface area (Å²) in [5, 5.41) is 0. The second kappa shape index (κ2) is 5.82. The first-order valence-corrected chi connectivity index (χ1v) is 6.22. The van der Waals surface area contributed by atoms with E-state index in [2.05, 4.69) is 0 Å². The van der Waals surface area contributed by atoms with Crippen molar-refractivity contribution in [2.24, 2.45) is 0 Å². The van der Waals surface area contributed by atoms with Gasteiger partial charge in [0.1, 0.15) is 6.61 Å². The predicted molar refractivity (Wildman–Crippen MR) is 66.5 cm³/mol. The summed E-state index contributed by atoms with van der Waals surface area (Å²) in [6.07, 6.45) is 2.30. The molecular weight excluding hydrogens is 214 g/mol. The lowest BCUT2D eigenvalue weighted by molar-refractivity contribution is -0.136. The lowest BCUT2D eigenvalue weighted by atomic mass is 10.2. The molecular formula is C14H19NO2. The highest BCUT2D eigenvalue weighted by Crippen LogP contribution is 2.26. The van der Waals surface area contributed by atoms with Crippen LogP contribution in [0.5, 0.6) is 0 Å². The summed E-state index contributed by atoms with van der Waals surface area (Å²) in [7, 11) is 0. The summed E-state index contributed by atoms with van der Waals surface area (Å²) in [5.41, 5.74) is 1.11. The Hall–Kier alpha value is -1.35. The van der Waals surface area contributed by atoms with Gasteiger partial charge >= 0.3 is 0 Å². The van der Waals surface area contributed by atoms with Crippen molar-refractivity contribution in [1.29, 1.82) is 0 Å². The Morgan fingerprint density at radius 1 is 1.35 bits per heavy atom. The van der Waals surface area contributed by atoms with Crippen LogP contribution in [0.25, 0.3) is 0 Å². The molecule has 0 aliphatic heterocycles. The molecule has 1 amide bonds. The van der Waals surface area contributed by atoms with E-state index in [0.717, 1.165) is 24.9 Å². The average Bonchev–Trinajstić information content (AvgIpc) is 3.16. The van der Waals surface area contributed by atoms with Crippen molar-refractivity contribution < 1.29 is 9.53 Å². The monoisotopic (exact) mass is 233 g/mol. The van der Waals surface area contributed by atoms with Crippen LogP contribution < -0.4 is 0 Å². The number of rotatable bonds is 6. The average molecular weight is 233 g/mol. The lowest BCUT2D eigenvalue weighted by Crippen LogP contribution is -2.35. The smallest absolute Gasteiger partial charge is 0.248 e. The van der Waals surface area contributed by atoms with Gasteiger partial charge in [0.15, 0.2) is 0 Å². The standard InChI is InChI=1S/C14H19NO2/c1-2-15(13-8-9-13)14(16)11-17-10-12-6-4-3-5-7-12/h3-7,13H,2,8-11H2,1H3. The van der Waals surface area contributed by atoms with E-state index in [1.807, 2.05) is 42.2 Å². The third-order valence-electron chi connectivity index (χ3n) is 2.99. The van der Waals surface area contributed by atoms with Crippen LogP contribution in [-0.4, -0.2) is 30.0 Å². The minimum Gasteiger partial charge on any atom is -0.367 e. The Bertz CT molecular complexity index is 360. The zero-order valence-electron chi connectivity index (χ0n) is 10.3. The van der Waals surface area contributed by atoms with Crippen LogP contribution in [0.2, 0.25) is 0 Å². The molecule has 0 N–H and O–H groups in total. The van der Waals surface area contributed by atoms with E-state index >= 15 is 0 Å². The molecule has 17 heavy (non-hydrogen) atoms. The van der Waals surface area contributed by atoms with E-state index in [1.165, 1.54) is 0 Å². The SMILES string of the molecule is CCN(C(=O)COCc1ccccc1)C1CC1. The van der Waals surface area contributed by atoms with Crippen LogP contribution in [0.3, 0.4) is 0 Å². The fourth-order valence-corrected chi connectivity index (χ4v) is 1.94. The molecule has 0 unspecified atom stereocenters. The first kappa shape index (κ1) is 12.1. The van der Waals surface area contributed by atoms with Crippen LogP contribution in [0.1, 0.15) is 25.3 Å². The van der Waals surface area contributed by atoms with E-state index in [4.69, 9.17) is 4.74 Å². The second-order valence-corrected chi connectivity index (χ2v) is 4.39. The predicted octanol–water partition coefficient (Wildman–Crippen LogP) is 2.21. The van der Waals surface area contributed by atoms with Crippen molar-refractivity contribution in [3.8, 4) is 0 Å². The van der Waals surface area contributed by atoms with Crippen LogP contribution in [0.4, 0.5) is 0 Å². The largest absolute Gasteiger partial charge is 0.367 e. The van der Waals surface area contributed by atoms with E-state index in [1.54, 1.807) is 0 Å².